The lowest BCUT2D eigenvalue weighted by Gasteiger charge is -2.29. The second-order valence-electron chi connectivity index (χ2n) is 6.65. The summed E-state index contributed by atoms with van der Waals surface area (Å²) in [7, 11) is 1.54. The summed E-state index contributed by atoms with van der Waals surface area (Å²) in [5.41, 5.74) is 1.61. The van der Waals surface area contributed by atoms with Crippen LogP contribution in [0.25, 0.3) is 0 Å². The van der Waals surface area contributed by atoms with Crippen molar-refractivity contribution < 1.29 is 23.8 Å². The highest BCUT2D eigenvalue weighted by Gasteiger charge is 2.32. The van der Waals surface area contributed by atoms with Crippen molar-refractivity contribution in [3.8, 4) is 5.75 Å². The van der Waals surface area contributed by atoms with E-state index in [4.69, 9.17) is 9.15 Å². The zero-order valence-electron chi connectivity index (χ0n) is 15.6. The first-order valence-electron chi connectivity index (χ1n) is 8.95. The number of ether oxygens (including phenoxy) is 1. The molecule has 2 heterocycles. The van der Waals surface area contributed by atoms with Gasteiger partial charge in [0.15, 0.2) is 5.76 Å². The van der Waals surface area contributed by atoms with Gasteiger partial charge in [0.2, 0.25) is 0 Å². The SMILES string of the molecule is COc1ccc(C)cc1C(C(=O)O)N1CCCN(C(=O)c2ccco2)CC1. The summed E-state index contributed by atoms with van der Waals surface area (Å²) in [5, 5.41) is 9.91. The number of carboxylic acid groups (broad SMARTS) is 1. The highest BCUT2D eigenvalue weighted by Crippen LogP contribution is 2.31. The third-order valence-corrected chi connectivity index (χ3v) is 4.83. The molecule has 1 N–H and O–H groups in total. The summed E-state index contributed by atoms with van der Waals surface area (Å²) >= 11 is 0. The summed E-state index contributed by atoms with van der Waals surface area (Å²) in [5.74, 6) is -0.231. The van der Waals surface area contributed by atoms with Gasteiger partial charge in [-0.25, -0.2) is 0 Å². The normalized spacial score (nSPS) is 16.6. The van der Waals surface area contributed by atoms with Gasteiger partial charge in [-0.2, -0.15) is 0 Å². The van der Waals surface area contributed by atoms with Crippen molar-refractivity contribution in [2.75, 3.05) is 33.3 Å². The Bertz CT molecular complexity index is 803. The van der Waals surface area contributed by atoms with Crippen LogP contribution in [0.2, 0.25) is 0 Å². The predicted molar refractivity (Wildman–Crippen MR) is 98.9 cm³/mol. The van der Waals surface area contributed by atoms with Gasteiger partial charge in [-0.15, -0.1) is 0 Å². The molecule has 7 heteroatoms. The van der Waals surface area contributed by atoms with Crippen molar-refractivity contribution in [2.24, 2.45) is 0 Å². The Balaban J connectivity index is 1.81. The van der Waals surface area contributed by atoms with Crippen molar-refractivity contribution in [2.45, 2.75) is 19.4 Å². The number of rotatable bonds is 5. The van der Waals surface area contributed by atoms with E-state index in [2.05, 4.69) is 0 Å². The van der Waals surface area contributed by atoms with Gasteiger partial charge in [0, 0.05) is 31.7 Å². The maximum Gasteiger partial charge on any atom is 0.325 e. The molecule has 1 aromatic heterocycles. The van der Waals surface area contributed by atoms with Gasteiger partial charge < -0.3 is 19.2 Å². The molecule has 144 valence electrons. The number of aryl methyl sites for hydroxylation is 1. The summed E-state index contributed by atoms with van der Waals surface area (Å²) in [6.45, 7) is 3.97. The second-order valence-corrected chi connectivity index (χ2v) is 6.65. The third kappa shape index (κ3) is 4.14. The molecule has 0 aliphatic carbocycles. The van der Waals surface area contributed by atoms with Gasteiger partial charge in [-0.3, -0.25) is 14.5 Å². The van der Waals surface area contributed by atoms with Crippen LogP contribution in [-0.4, -0.2) is 60.1 Å². The number of methoxy groups -OCH3 is 1. The Labute approximate surface area is 158 Å². The lowest BCUT2D eigenvalue weighted by atomic mass is 10.0. The molecule has 1 aromatic carbocycles. The van der Waals surface area contributed by atoms with Crippen molar-refractivity contribution >= 4 is 11.9 Å². The first kappa shape index (κ1) is 19.0. The topological polar surface area (TPSA) is 83.2 Å². The van der Waals surface area contributed by atoms with E-state index >= 15 is 0 Å². The van der Waals surface area contributed by atoms with E-state index in [9.17, 15) is 14.7 Å². The van der Waals surface area contributed by atoms with E-state index in [0.717, 1.165) is 5.56 Å². The molecular weight excluding hydrogens is 348 g/mol. The van der Waals surface area contributed by atoms with Crippen molar-refractivity contribution in [1.29, 1.82) is 0 Å². The molecular formula is C20H24N2O5. The summed E-state index contributed by atoms with van der Waals surface area (Å²) in [4.78, 5) is 28.2. The summed E-state index contributed by atoms with van der Waals surface area (Å²) in [6, 6.07) is 8.05. The highest BCUT2D eigenvalue weighted by molar-refractivity contribution is 5.91. The van der Waals surface area contributed by atoms with E-state index in [1.165, 1.54) is 6.26 Å². The molecule has 0 radical (unpaired) electrons. The first-order valence-corrected chi connectivity index (χ1v) is 8.95. The first-order chi connectivity index (χ1) is 13.0. The highest BCUT2D eigenvalue weighted by atomic mass is 16.5. The zero-order chi connectivity index (χ0) is 19.4. The molecule has 0 bridgehead atoms. The Morgan fingerprint density at radius 3 is 2.67 bits per heavy atom. The standard InChI is InChI=1S/C20H24N2O5/c1-14-6-7-16(26-2)15(13-14)18(20(24)25)21-8-4-9-22(11-10-21)19(23)17-5-3-12-27-17/h3,5-7,12-13,18H,4,8-11H2,1-2H3,(H,24,25). The van der Waals surface area contributed by atoms with Gasteiger partial charge >= 0.3 is 5.97 Å². The Morgan fingerprint density at radius 1 is 1.19 bits per heavy atom. The molecule has 1 atom stereocenters. The van der Waals surface area contributed by atoms with Crippen LogP contribution >= 0.6 is 0 Å². The molecule has 7 nitrogen and oxygen atoms in total. The average Bonchev–Trinajstić information content (AvgIpc) is 3.08. The lowest BCUT2D eigenvalue weighted by molar-refractivity contribution is -0.143. The number of carbonyl (C=O) groups excluding carboxylic acids is 1. The number of hydrogen-bond acceptors (Lipinski definition) is 5. The Morgan fingerprint density at radius 2 is 2.00 bits per heavy atom. The Hall–Kier alpha value is -2.80. The number of carboxylic acids is 1. The molecule has 1 aliphatic rings. The van der Waals surface area contributed by atoms with Crippen LogP contribution in [0.4, 0.5) is 0 Å². The van der Waals surface area contributed by atoms with Gasteiger partial charge in [0.1, 0.15) is 11.8 Å². The maximum absolute atomic E-state index is 12.5. The van der Waals surface area contributed by atoms with Gasteiger partial charge in [0.05, 0.1) is 13.4 Å². The molecule has 2 aromatic rings. The molecule has 1 saturated heterocycles. The van der Waals surface area contributed by atoms with E-state index in [0.29, 0.717) is 49.7 Å². The molecule has 1 aliphatic heterocycles. The van der Waals surface area contributed by atoms with Crippen LogP contribution in [0.1, 0.15) is 34.1 Å². The fourth-order valence-electron chi connectivity index (χ4n) is 3.51. The molecule has 0 spiro atoms. The molecule has 1 fully saturated rings. The molecule has 0 saturated carbocycles. The fraction of sp³-hybridized carbons (Fsp3) is 0.400. The van der Waals surface area contributed by atoms with Crippen molar-refractivity contribution in [3.63, 3.8) is 0 Å². The van der Waals surface area contributed by atoms with Crippen molar-refractivity contribution in [3.05, 3.63) is 53.5 Å². The van der Waals surface area contributed by atoms with Crippen LogP contribution in [0.3, 0.4) is 0 Å². The number of hydrogen-bond donors (Lipinski definition) is 1. The summed E-state index contributed by atoms with van der Waals surface area (Å²) < 4.78 is 10.6. The van der Waals surface area contributed by atoms with E-state index < -0.39 is 12.0 Å². The van der Waals surface area contributed by atoms with Crippen molar-refractivity contribution in [1.82, 2.24) is 9.80 Å². The minimum Gasteiger partial charge on any atom is -0.496 e. The number of amides is 1. The van der Waals surface area contributed by atoms with Crippen LogP contribution < -0.4 is 4.74 Å². The molecule has 27 heavy (non-hydrogen) atoms. The molecule has 1 amide bonds. The van der Waals surface area contributed by atoms with Gasteiger partial charge in [-0.1, -0.05) is 17.7 Å². The fourth-order valence-corrected chi connectivity index (χ4v) is 3.51. The van der Waals surface area contributed by atoms with Gasteiger partial charge in [-0.05, 0) is 31.5 Å². The smallest absolute Gasteiger partial charge is 0.325 e. The number of aliphatic carboxylic acids is 1. The number of furan rings is 1. The van der Waals surface area contributed by atoms with Gasteiger partial charge in [0.25, 0.3) is 5.91 Å². The number of nitrogens with zero attached hydrogens (tertiary/aromatic N) is 2. The summed E-state index contributed by atoms with van der Waals surface area (Å²) in [6.07, 6.45) is 2.16. The van der Waals surface area contributed by atoms with E-state index in [-0.39, 0.29) is 5.91 Å². The van der Waals surface area contributed by atoms with Crippen LogP contribution in [0, 0.1) is 6.92 Å². The van der Waals surface area contributed by atoms with Crippen LogP contribution in [0.5, 0.6) is 5.75 Å². The number of benzene rings is 1. The average molecular weight is 372 g/mol. The Kier molecular flexibility index (Phi) is 5.81. The number of carbonyl (C=O) groups is 2. The second kappa shape index (κ2) is 8.26. The van der Waals surface area contributed by atoms with Crippen LogP contribution in [-0.2, 0) is 4.79 Å². The van der Waals surface area contributed by atoms with Crippen LogP contribution in [0.15, 0.2) is 41.0 Å². The third-order valence-electron chi connectivity index (χ3n) is 4.83. The zero-order valence-corrected chi connectivity index (χ0v) is 15.6. The maximum atomic E-state index is 12.5. The molecule has 3 rings (SSSR count). The monoisotopic (exact) mass is 372 g/mol. The lowest BCUT2D eigenvalue weighted by Crippen LogP contribution is -2.38. The van der Waals surface area contributed by atoms with E-state index in [1.54, 1.807) is 30.2 Å². The largest absolute Gasteiger partial charge is 0.496 e. The molecule has 1 unspecified atom stereocenters. The minimum absolute atomic E-state index is 0.165. The minimum atomic E-state index is -0.926. The van der Waals surface area contributed by atoms with E-state index in [1.807, 2.05) is 24.0 Å². The predicted octanol–water partition coefficient (Wildman–Crippen LogP) is 2.57. The quantitative estimate of drug-likeness (QED) is 0.869.